The van der Waals surface area contributed by atoms with E-state index in [1.807, 2.05) is 0 Å². The number of nitrogens with zero attached hydrogens (tertiary/aromatic N) is 1. The second-order valence-electron chi connectivity index (χ2n) is 5.38. The molecule has 0 saturated carbocycles. The van der Waals surface area contributed by atoms with Crippen LogP contribution in [0.3, 0.4) is 0 Å². The molecule has 4 nitrogen and oxygen atoms in total. The van der Waals surface area contributed by atoms with Gasteiger partial charge in [-0.05, 0) is 37.1 Å². The van der Waals surface area contributed by atoms with E-state index in [2.05, 4.69) is 47.6 Å². The van der Waals surface area contributed by atoms with Crippen LogP contribution < -0.4 is 15.5 Å². The number of amides is 1. The van der Waals surface area contributed by atoms with Crippen molar-refractivity contribution < 1.29 is 4.79 Å². The van der Waals surface area contributed by atoms with E-state index in [0.717, 1.165) is 39.1 Å². The summed E-state index contributed by atoms with van der Waals surface area (Å²) in [6.45, 7) is 8.74. The molecule has 0 atom stereocenters. The molecule has 1 aliphatic rings. The quantitative estimate of drug-likeness (QED) is 0.806. The molecule has 1 amide bonds. The first-order valence-electron chi connectivity index (χ1n) is 7.52. The van der Waals surface area contributed by atoms with Crippen molar-refractivity contribution in [1.82, 2.24) is 10.6 Å². The summed E-state index contributed by atoms with van der Waals surface area (Å²) in [6.07, 6.45) is 1.74. The molecule has 0 aliphatic carbocycles. The van der Waals surface area contributed by atoms with E-state index < -0.39 is 0 Å². The number of carbonyl (C=O) groups excluding carboxylic acids is 1. The molecule has 0 radical (unpaired) electrons. The molecule has 1 fully saturated rings. The van der Waals surface area contributed by atoms with E-state index in [4.69, 9.17) is 0 Å². The molecule has 1 saturated heterocycles. The highest BCUT2D eigenvalue weighted by Crippen LogP contribution is 2.22. The maximum absolute atomic E-state index is 11.4. The molecule has 0 aromatic heterocycles. The molecule has 0 bridgehead atoms. The average molecular weight is 275 g/mol. The summed E-state index contributed by atoms with van der Waals surface area (Å²) < 4.78 is 0. The topological polar surface area (TPSA) is 44.4 Å². The van der Waals surface area contributed by atoms with Gasteiger partial charge in [0.1, 0.15) is 0 Å². The zero-order chi connectivity index (χ0) is 14.4. The predicted molar refractivity (Wildman–Crippen MR) is 83.0 cm³/mol. The third-order valence-electron chi connectivity index (χ3n) is 3.67. The minimum Gasteiger partial charge on any atom is -0.369 e. The Morgan fingerprint density at radius 1 is 1.35 bits per heavy atom. The third-order valence-corrected chi connectivity index (χ3v) is 3.67. The van der Waals surface area contributed by atoms with Crippen molar-refractivity contribution in [3.63, 3.8) is 0 Å². The Morgan fingerprint density at radius 2 is 2.20 bits per heavy atom. The van der Waals surface area contributed by atoms with Crippen LogP contribution in [0.5, 0.6) is 0 Å². The lowest BCUT2D eigenvalue weighted by Crippen LogP contribution is -2.28. The number of anilines is 1. The Kier molecular flexibility index (Phi) is 5.41. The van der Waals surface area contributed by atoms with Gasteiger partial charge in [-0.25, -0.2) is 0 Å². The van der Waals surface area contributed by atoms with Crippen molar-refractivity contribution in [3.8, 4) is 0 Å². The second-order valence-corrected chi connectivity index (χ2v) is 5.38. The lowest BCUT2D eigenvalue weighted by atomic mass is 10.1. The zero-order valence-corrected chi connectivity index (χ0v) is 12.5. The van der Waals surface area contributed by atoms with E-state index in [0.29, 0.717) is 6.42 Å². The van der Waals surface area contributed by atoms with Crippen molar-refractivity contribution in [2.24, 2.45) is 0 Å². The Balaban J connectivity index is 2.03. The number of carbonyl (C=O) groups is 1. The molecule has 0 unspecified atom stereocenters. The maximum Gasteiger partial charge on any atom is 0.221 e. The Bertz CT molecular complexity index is 459. The van der Waals surface area contributed by atoms with Gasteiger partial charge >= 0.3 is 0 Å². The Morgan fingerprint density at radius 3 is 2.95 bits per heavy atom. The smallest absolute Gasteiger partial charge is 0.221 e. The summed E-state index contributed by atoms with van der Waals surface area (Å²) in [6, 6.07) is 6.62. The van der Waals surface area contributed by atoms with Crippen LogP contribution in [0.15, 0.2) is 18.2 Å². The fourth-order valence-corrected chi connectivity index (χ4v) is 2.60. The fourth-order valence-electron chi connectivity index (χ4n) is 2.60. The van der Waals surface area contributed by atoms with Crippen LogP contribution >= 0.6 is 0 Å². The molecule has 2 rings (SSSR count). The summed E-state index contributed by atoms with van der Waals surface area (Å²) >= 11 is 0. The molecule has 1 heterocycles. The van der Waals surface area contributed by atoms with Crippen LogP contribution in [-0.4, -0.2) is 32.1 Å². The summed E-state index contributed by atoms with van der Waals surface area (Å²) in [5.74, 6) is 0.158. The van der Waals surface area contributed by atoms with Gasteiger partial charge in [0.15, 0.2) is 0 Å². The molecule has 1 aliphatic heterocycles. The van der Waals surface area contributed by atoms with Crippen LogP contribution in [0.4, 0.5) is 5.69 Å². The van der Waals surface area contributed by atoms with Crippen molar-refractivity contribution in [3.05, 3.63) is 29.3 Å². The van der Waals surface area contributed by atoms with E-state index in [1.54, 1.807) is 0 Å². The molecular formula is C16H25N3O. The molecule has 0 spiro atoms. The number of hydrogen-bond donors (Lipinski definition) is 2. The lowest BCUT2D eigenvalue weighted by Gasteiger charge is -2.24. The normalized spacial score (nSPS) is 15.9. The van der Waals surface area contributed by atoms with Crippen LogP contribution in [0.25, 0.3) is 0 Å². The monoisotopic (exact) mass is 275 g/mol. The highest BCUT2D eigenvalue weighted by molar-refractivity contribution is 5.77. The average Bonchev–Trinajstić information content (AvgIpc) is 2.64. The standard InChI is InChI=1S/C16H25N3O/c1-3-7-17-12-14-4-5-15(13(2)11-14)19-9-6-16(20)18-8-10-19/h4-5,11,17H,3,6-10,12H2,1-2H3,(H,18,20). The van der Waals surface area contributed by atoms with Crippen LogP contribution in [0.2, 0.25) is 0 Å². The second kappa shape index (κ2) is 7.29. The van der Waals surface area contributed by atoms with Crippen LogP contribution in [0, 0.1) is 6.92 Å². The zero-order valence-electron chi connectivity index (χ0n) is 12.5. The van der Waals surface area contributed by atoms with Crippen LogP contribution in [-0.2, 0) is 11.3 Å². The van der Waals surface area contributed by atoms with Crippen molar-refractivity contribution in [2.45, 2.75) is 33.2 Å². The van der Waals surface area contributed by atoms with Gasteiger partial charge in [-0.3, -0.25) is 4.79 Å². The van der Waals surface area contributed by atoms with E-state index in [-0.39, 0.29) is 5.91 Å². The molecule has 1 aromatic rings. The minimum atomic E-state index is 0.158. The summed E-state index contributed by atoms with van der Waals surface area (Å²) in [5.41, 5.74) is 3.86. The van der Waals surface area contributed by atoms with Gasteiger partial charge < -0.3 is 15.5 Å². The van der Waals surface area contributed by atoms with Crippen molar-refractivity contribution in [1.29, 1.82) is 0 Å². The minimum absolute atomic E-state index is 0.158. The van der Waals surface area contributed by atoms with E-state index in [1.165, 1.54) is 16.8 Å². The van der Waals surface area contributed by atoms with Gasteiger partial charge in [-0.2, -0.15) is 0 Å². The molecule has 20 heavy (non-hydrogen) atoms. The van der Waals surface area contributed by atoms with Gasteiger partial charge in [-0.1, -0.05) is 19.1 Å². The SMILES string of the molecule is CCCNCc1ccc(N2CCNC(=O)CC2)c(C)c1. The summed E-state index contributed by atoms with van der Waals surface area (Å²) in [5, 5.41) is 6.34. The first kappa shape index (κ1) is 14.9. The number of rotatable bonds is 5. The van der Waals surface area contributed by atoms with E-state index >= 15 is 0 Å². The first-order valence-corrected chi connectivity index (χ1v) is 7.52. The van der Waals surface area contributed by atoms with Crippen molar-refractivity contribution >= 4 is 11.6 Å². The summed E-state index contributed by atoms with van der Waals surface area (Å²) in [4.78, 5) is 13.7. The number of hydrogen-bond acceptors (Lipinski definition) is 3. The molecule has 4 heteroatoms. The largest absolute Gasteiger partial charge is 0.369 e. The first-order chi connectivity index (χ1) is 9.70. The highest BCUT2D eigenvalue weighted by atomic mass is 16.1. The third kappa shape index (κ3) is 3.97. The van der Waals surface area contributed by atoms with Gasteiger partial charge in [0, 0.05) is 38.3 Å². The number of aryl methyl sites for hydroxylation is 1. The highest BCUT2D eigenvalue weighted by Gasteiger charge is 2.15. The van der Waals surface area contributed by atoms with Gasteiger partial charge in [0.05, 0.1) is 0 Å². The van der Waals surface area contributed by atoms with Gasteiger partial charge in [-0.15, -0.1) is 0 Å². The van der Waals surface area contributed by atoms with E-state index in [9.17, 15) is 4.79 Å². The molecule has 1 aromatic carbocycles. The predicted octanol–water partition coefficient (Wildman–Crippen LogP) is 1.82. The molecule has 110 valence electrons. The maximum atomic E-state index is 11.4. The fraction of sp³-hybridized carbons (Fsp3) is 0.562. The number of nitrogens with one attached hydrogen (secondary N) is 2. The molecular weight excluding hydrogens is 250 g/mol. The Labute approximate surface area is 121 Å². The van der Waals surface area contributed by atoms with Crippen molar-refractivity contribution in [2.75, 3.05) is 31.1 Å². The summed E-state index contributed by atoms with van der Waals surface area (Å²) in [7, 11) is 0. The van der Waals surface area contributed by atoms with Crippen LogP contribution in [0.1, 0.15) is 30.9 Å². The molecule has 2 N–H and O–H groups in total. The van der Waals surface area contributed by atoms with Gasteiger partial charge in [0.25, 0.3) is 0 Å². The number of benzene rings is 1. The van der Waals surface area contributed by atoms with Gasteiger partial charge in [0.2, 0.25) is 5.91 Å². The lowest BCUT2D eigenvalue weighted by molar-refractivity contribution is -0.120. The Hall–Kier alpha value is -1.55.